The summed E-state index contributed by atoms with van der Waals surface area (Å²) in [6.45, 7) is 4.69. The first kappa shape index (κ1) is 20.8. The Hall–Kier alpha value is -2.94. The number of piperazine rings is 1. The molecule has 9 nitrogen and oxygen atoms in total. The first-order valence-corrected chi connectivity index (χ1v) is 9.85. The zero-order chi connectivity index (χ0) is 21.0. The molecule has 0 aromatic heterocycles. The minimum Gasteiger partial charge on any atom is -0.465 e. The van der Waals surface area contributed by atoms with Gasteiger partial charge in [-0.25, -0.2) is 0 Å². The molecule has 29 heavy (non-hydrogen) atoms. The Morgan fingerprint density at radius 2 is 1.76 bits per heavy atom. The molecule has 0 aliphatic carbocycles. The molecule has 156 valence electrons. The largest absolute Gasteiger partial charge is 0.465 e. The van der Waals surface area contributed by atoms with Gasteiger partial charge in [-0.1, -0.05) is 0 Å². The highest BCUT2D eigenvalue weighted by atomic mass is 16.5. The van der Waals surface area contributed by atoms with E-state index in [1.807, 2.05) is 4.90 Å². The molecule has 0 saturated carbocycles. The summed E-state index contributed by atoms with van der Waals surface area (Å²) in [5.41, 5.74) is 6.65. The highest BCUT2D eigenvalue weighted by Gasteiger charge is 2.38. The van der Waals surface area contributed by atoms with E-state index >= 15 is 0 Å². The summed E-state index contributed by atoms with van der Waals surface area (Å²) >= 11 is 0. The number of carbonyl (C=O) groups is 3. The van der Waals surface area contributed by atoms with Crippen molar-refractivity contribution in [3.63, 3.8) is 0 Å². The third kappa shape index (κ3) is 4.73. The van der Waals surface area contributed by atoms with Gasteiger partial charge in [0.25, 0.3) is 0 Å². The fourth-order valence-electron chi connectivity index (χ4n) is 3.84. The van der Waals surface area contributed by atoms with Gasteiger partial charge < -0.3 is 20.3 Å². The number of nitrogen functional groups attached to an aromatic ring is 1. The van der Waals surface area contributed by atoms with Gasteiger partial charge in [-0.15, -0.1) is 0 Å². The van der Waals surface area contributed by atoms with Crippen LogP contribution in [0.25, 0.3) is 0 Å². The molecule has 3 N–H and O–H groups in total. The Morgan fingerprint density at radius 3 is 2.34 bits per heavy atom. The maximum atomic E-state index is 12.7. The highest BCUT2D eigenvalue weighted by molar-refractivity contribution is 6.41. The summed E-state index contributed by atoms with van der Waals surface area (Å²) in [6.07, 6.45) is 1.46. The van der Waals surface area contributed by atoms with Gasteiger partial charge in [0.1, 0.15) is 5.84 Å². The number of nitrogens with two attached hydrogens (primary N) is 1. The van der Waals surface area contributed by atoms with Crippen LogP contribution in [0.4, 0.5) is 5.69 Å². The van der Waals surface area contributed by atoms with Crippen LogP contribution in [0.15, 0.2) is 24.3 Å². The maximum Gasteiger partial charge on any atom is 0.320 e. The predicted molar refractivity (Wildman–Crippen MR) is 108 cm³/mol. The molecule has 0 bridgehead atoms. The van der Waals surface area contributed by atoms with Gasteiger partial charge in [-0.2, -0.15) is 0 Å². The third-order valence-corrected chi connectivity index (χ3v) is 5.40. The van der Waals surface area contributed by atoms with E-state index in [-0.39, 0.29) is 24.4 Å². The molecule has 0 atom stereocenters. The third-order valence-electron chi connectivity index (χ3n) is 5.40. The lowest BCUT2D eigenvalue weighted by atomic mass is 10.0. The SMILES string of the molecule is CCOC(=O)CN1CCC(N2CCN(c3ccc(C(=N)N)cc3)C(=O)C2=O)CC1. The Balaban J connectivity index is 1.57. The molecular formula is C20H27N5O4. The maximum absolute atomic E-state index is 12.7. The second kappa shape index (κ2) is 9.04. The fourth-order valence-corrected chi connectivity index (χ4v) is 3.84. The lowest BCUT2D eigenvalue weighted by molar-refractivity contribution is -0.149. The number of hydrogen-bond donors (Lipinski definition) is 2. The van der Waals surface area contributed by atoms with Gasteiger partial charge in [0, 0.05) is 43.5 Å². The van der Waals surface area contributed by atoms with E-state index in [1.54, 1.807) is 36.1 Å². The van der Waals surface area contributed by atoms with Crippen LogP contribution < -0.4 is 10.6 Å². The van der Waals surface area contributed by atoms with Crippen molar-refractivity contribution in [3.8, 4) is 0 Å². The van der Waals surface area contributed by atoms with Crippen molar-refractivity contribution in [2.75, 3.05) is 44.2 Å². The summed E-state index contributed by atoms with van der Waals surface area (Å²) in [5, 5.41) is 7.44. The second-order valence-electron chi connectivity index (χ2n) is 7.23. The summed E-state index contributed by atoms with van der Waals surface area (Å²) in [4.78, 5) is 42.2. The van der Waals surface area contributed by atoms with Crippen molar-refractivity contribution in [3.05, 3.63) is 29.8 Å². The van der Waals surface area contributed by atoms with Gasteiger partial charge in [0.15, 0.2) is 0 Å². The minimum absolute atomic E-state index is 0.00661. The Morgan fingerprint density at radius 1 is 1.10 bits per heavy atom. The van der Waals surface area contributed by atoms with Crippen LogP contribution in [0.5, 0.6) is 0 Å². The van der Waals surface area contributed by atoms with Gasteiger partial charge in [0.2, 0.25) is 0 Å². The van der Waals surface area contributed by atoms with Crippen LogP contribution in [0.1, 0.15) is 25.3 Å². The molecule has 2 saturated heterocycles. The molecule has 9 heteroatoms. The molecule has 0 unspecified atom stereocenters. The topological polar surface area (TPSA) is 120 Å². The molecule has 3 rings (SSSR count). The zero-order valence-electron chi connectivity index (χ0n) is 16.6. The smallest absolute Gasteiger partial charge is 0.320 e. The highest BCUT2D eigenvalue weighted by Crippen LogP contribution is 2.23. The Labute approximate surface area is 169 Å². The lowest BCUT2D eigenvalue weighted by Crippen LogP contribution is -2.59. The van der Waals surface area contributed by atoms with Crippen LogP contribution in [0.3, 0.4) is 0 Å². The summed E-state index contributed by atoms with van der Waals surface area (Å²) in [6, 6.07) is 6.74. The van der Waals surface area contributed by atoms with E-state index in [1.165, 1.54) is 4.90 Å². The standard InChI is InChI=1S/C20H27N5O4/c1-2-29-17(26)13-23-9-7-16(8-10-23)25-12-11-24(19(27)20(25)28)15-5-3-14(4-6-15)18(21)22/h3-6,16H,2,7-13H2,1H3,(H3,21,22). The number of ether oxygens (including phenoxy) is 1. The minimum atomic E-state index is -0.541. The van der Waals surface area contributed by atoms with Crippen molar-refractivity contribution >= 4 is 29.3 Å². The molecule has 0 radical (unpaired) electrons. The quantitative estimate of drug-likeness (QED) is 0.304. The molecule has 2 aliphatic heterocycles. The van der Waals surface area contributed by atoms with Crippen molar-refractivity contribution < 1.29 is 19.1 Å². The number of carbonyl (C=O) groups excluding carboxylic acids is 3. The number of piperidine rings is 1. The van der Waals surface area contributed by atoms with Gasteiger partial charge >= 0.3 is 17.8 Å². The molecule has 1 aromatic rings. The van der Waals surface area contributed by atoms with E-state index in [4.69, 9.17) is 15.9 Å². The fraction of sp³-hybridized carbons (Fsp3) is 0.500. The number of rotatable bonds is 6. The molecular weight excluding hydrogens is 374 g/mol. The van der Waals surface area contributed by atoms with Crippen molar-refractivity contribution in [2.45, 2.75) is 25.8 Å². The Kier molecular flexibility index (Phi) is 6.48. The van der Waals surface area contributed by atoms with Crippen molar-refractivity contribution in [2.24, 2.45) is 5.73 Å². The molecule has 2 fully saturated rings. The number of esters is 1. The first-order valence-electron chi connectivity index (χ1n) is 9.85. The average molecular weight is 401 g/mol. The number of amidine groups is 1. The normalized spacial score (nSPS) is 18.8. The first-order chi connectivity index (χ1) is 13.9. The molecule has 1 aromatic carbocycles. The van der Waals surface area contributed by atoms with E-state index in [0.29, 0.717) is 44.0 Å². The number of likely N-dealkylation sites (tertiary alicyclic amines) is 1. The van der Waals surface area contributed by atoms with Crippen LogP contribution in [-0.4, -0.2) is 78.8 Å². The number of amides is 2. The van der Waals surface area contributed by atoms with Crippen LogP contribution >= 0.6 is 0 Å². The van der Waals surface area contributed by atoms with Crippen LogP contribution in [-0.2, 0) is 19.1 Å². The second-order valence-corrected chi connectivity index (χ2v) is 7.23. The molecule has 2 amide bonds. The summed E-state index contributed by atoms with van der Waals surface area (Å²) in [7, 11) is 0. The number of nitrogens with one attached hydrogen (secondary N) is 1. The predicted octanol–water partition coefficient (Wildman–Crippen LogP) is 0.173. The van der Waals surface area contributed by atoms with E-state index < -0.39 is 11.8 Å². The lowest BCUT2D eigenvalue weighted by Gasteiger charge is -2.41. The van der Waals surface area contributed by atoms with E-state index in [9.17, 15) is 14.4 Å². The van der Waals surface area contributed by atoms with E-state index in [2.05, 4.69) is 0 Å². The number of nitrogens with zero attached hydrogens (tertiary/aromatic N) is 3. The summed E-state index contributed by atoms with van der Waals surface area (Å²) < 4.78 is 4.98. The number of anilines is 1. The van der Waals surface area contributed by atoms with Gasteiger partial charge in [-0.3, -0.25) is 24.7 Å². The van der Waals surface area contributed by atoms with Crippen molar-refractivity contribution in [1.82, 2.24) is 9.80 Å². The number of hydrogen-bond acceptors (Lipinski definition) is 6. The van der Waals surface area contributed by atoms with Crippen molar-refractivity contribution in [1.29, 1.82) is 5.41 Å². The zero-order valence-corrected chi connectivity index (χ0v) is 16.6. The average Bonchev–Trinajstić information content (AvgIpc) is 2.71. The molecule has 0 spiro atoms. The summed E-state index contributed by atoms with van der Waals surface area (Å²) in [5.74, 6) is -1.31. The molecule has 2 aliphatic rings. The molecule has 2 heterocycles. The van der Waals surface area contributed by atoms with Crippen LogP contribution in [0, 0.1) is 5.41 Å². The van der Waals surface area contributed by atoms with Gasteiger partial charge in [-0.05, 0) is 44.0 Å². The number of benzene rings is 1. The Bertz CT molecular complexity index is 787. The monoisotopic (exact) mass is 401 g/mol. The van der Waals surface area contributed by atoms with Gasteiger partial charge in [0.05, 0.1) is 13.2 Å². The van der Waals surface area contributed by atoms with Crippen LogP contribution in [0.2, 0.25) is 0 Å². The van der Waals surface area contributed by atoms with E-state index in [0.717, 1.165) is 12.8 Å².